The molecule has 2 aromatic heterocycles. The molecule has 0 bridgehead atoms. The average molecular weight is 252 g/mol. The molecule has 0 unspecified atom stereocenters. The number of benzene rings is 1. The monoisotopic (exact) mass is 252 g/mol. The van der Waals surface area contributed by atoms with Gasteiger partial charge in [-0.05, 0) is 11.6 Å². The second kappa shape index (κ2) is 4.99. The van der Waals surface area contributed by atoms with Gasteiger partial charge in [0.05, 0.1) is 0 Å². The van der Waals surface area contributed by atoms with Crippen molar-refractivity contribution in [3.63, 3.8) is 0 Å². The highest BCUT2D eigenvalue weighted by molar-refractivity contribution is 5.57. The molecule has 2 heterocycles. The SMILES string of the molecule is NCc1ccc(-c2nc(-c3ccccc3)no2)nc1. The van der Waals surface area contributed by atoms with Crippen LogP contribution in [0.2, 0.25) is 0 Å². The summed E-state index contributed by atoms with van der Waals surface area (Å²) in [6.07, 6.45) is 1.71. The molecule has 5 nitrogen and oxygen atoms in total. The van der Waals surface area contributed by atoms with Crippen LogP contribution in [0, 0.1) is 0 Å². The second-order valence-corrected chi connectivity index (χ2v) is 4.04. The van der Waals surface area contributed by atoms with Gasteiger partial charge in [0.15, 0.2) is 0 Å². The van der Waals surface area contributed by atoms with Crippen molar-refractivity contribution in [3.8, 4) is 23.0 Å². The van der Waals surface area contributed by atoms with Gasteiger partial charge < -0.3 is 10.3 Å². The fourth-order valence-electron chi connectivity index (χ4n) is 1.70. The van der Waals surface area contributed by atoms with Gasteiger partial charge in [-0.3, -0.25) is 4.98 Å². The standard InChI is InChI=1S/C14H12N4O/c15-8-10-6-7-12(16-9-10)14-17-13(18-19-14)11-4-2-1-3-5-11/h1-7,9H,8,15H2. The zero-order chi connectivity index (χ0) is 13.1. The highest BCUT2D eigenvalue weighted by Gasteiger charge is 2.11. The van der Waals surface area contributed by atoms with E-state index >= 15 is 0 Å². The van der Waals surface area contributed by atoms with Crippen molar-refractivity contribution in [2.45, 2.75) is 6.54 Å². The van der Waals surface area contributed by atoms with Gasteiger partial charge in [-0.15, -0.1) is 0 Å². The lowest BCUT2D eigenvalue weighted by Gasteiger charge is -1.96. The van der Waals surface area contributed by atoms with Gasteiger partial charge >= 0.3 is 0 Å². The smallest absolute Gasteiger partial charge is 0.276 e. The molecule has 0 aliphatic rings. The second-order valence-electron chi connectivity index (χ2n) is 4.04. The number of nitrogens with two attached hydrogens (primary N) is 1. The van der Waals surface area contributed by atoms with Gasteiger partial charge in [-0.2, -0.15) is 4.98 Å². The molecule has 1 aromatic carbocycles. The zero-order valence-corrected chi connectivity index (χ0v) is 10.2. The van der Waals surface area contributed by atoms with Gasteiger partial charge in [0.1, 0.15) is 5.69 Å². The summed E-state index contributed by atoms with van der Waals surface area (Å²) in [6, 6.07) is 13.4. The van der Waals surface area contributed by atoms with Crippen molar-refractivity contribution in [1.82, 2.24) is 15.1 Å². The molecule has 3 aromatic rings. The van der Waals surface area contributed by atoms with E-state index in [9.17, 15) is 0 Å². The zero-order valence-electron chi connectivity index (χ0n) is 10.2. The predicted octanol–water partition coefficient (Wildman–Crippen LogP) is 2.26. The molecule has 0 aliphatic heterocycles. The molecule has 94 valence electrons. The molecular formula is C14H12N4O. The van der Waals surface area contributed by atoms with Crippen LogP contribution < -0.4 is 5.73 Å². The van der Waals surface area contributed by atoms with Gasteiger partial charge in [-0.1, -0.05) is 41.6 Å². The summed E-state index contributed by atoms with van der Waals surface area (Å²) in [5, 5.41) is 3.95. The lowest BCUT2D eigenvalue weighted by atomic mass is 10.2. The third kappa shape index (κ3) is 2.36. The molecule has 0 spiro atoms. The summed E-state index contributed by atoms with van der Waals surface area (Å²) >= 11 is 0. The lowest BCUT2D eigenvalue weighted by molar-refractivity contribution is 0.431. The Kier molecular flexibility index (Phi) is 3.04. The van der Waals surface area contributed by atoms with Crippen LogP contribution in [0.4, 0.5) is 0 Å². The van der Waals surface area contributed by atoms with Gasteiger partial charge in [0, 0.05) is 18.3 Å². The van der Waals surface area contributed by atoms with Crippen molar-refractivity contribution in [2.75, 3.05) is 0 Å². The first kappa shape index (κ1) is 11.6. The fraction of sp³-hybridized carbons (Fsp3) is 0.0714. The summed E-state index contributed by atoms with van der Waals surface area (Å²) < 4.78 is 5.22. The highest BCUT2D eigenvalue weighted by atomic mass is 16.5. The molecule has 0 saturated heterocycles. The molecule has 0 atom stereocenters. The van der Waals surface area contributed by atoms with Crippen molar-refractivity contribution in [3.05, 3.63) is 54.2 Å². The molecule has 2 N–H and O–H groups in total. The largest absolute Gasteiger partial charge is 0.332 e. The minimum atomic E-state index is 0.405. The van der Waals surface area contributed by atoms with Gasteiger partial charge in [-0.25, -0.2) is 0 Å². The van der Waals surface area contributed by atoms with E-state index in [-0.39, 0.29) is 0 Å². The lowest BCUT2D eigenvalue weighted by Crippen LogP contribution is -1.96. The summed E-state index contributed by atoms with van der Waals surface area (Å²) in [5.74, 6) is 0.961. The minimum Gasteiger partial charge on any atom is -0.332 e. The van der Waals surface area contributed by atoms with Gasteiger partial charge in [0.25, 0.3) is 5.89 Å². The summed E-state index contributed by atoms with van der Waals surface area (Å²) in [7, 11) is 0. The van der Waals surface area contributed by atoms with Crippen molar-refractivity contribution in [2.24, 2.45) is 5.73 Å². The molecule has 0 radical (unpaired) electrons. The molecule has 0 saturated carbocycles. The third-order valence-corrected chi connectivity index (χ3v) is 2.74. The van der Waals surface area contributed by atoms with Crippen LogP contribution in [0.25, 0.3) is 23.0 Å². The summed E-state index contributed by atoms with van der Waals surface area (Å²) in [6.45, 7) is 0.465. The van der Waals surface area contributed by atoms with Crippen LogP contribution in [0.3, 0.4) is 0 Å². The van der Waals surface area contributed by atoms with E-state index in [1.54, 1.807) is 6.20 Å². The molecule has 3 rings (SSSR count). The topological polar surface area (TPSA) is 77.8 Å². The average Bonchev–Trinajstić information content (AvgIpc) is 2.98. The van der Waals surface area contributed by atoms with Crippen LogP contribution in [0.15, 0.2) is 53.2 Å². The first-order valence-corrected chi connectivity index (χ1v) is 5.91. The van der Waals surface area contributed by atoms with Crippen molar-refractivity contribution < 1.29 is 4.52 Å². The Hall–Kier alpha value is -2.53. The maximum absolute atomic E-state index is 5.53. The van der Waals surface area contributed by atoms with E-state index in [1.807, 2.05) is 42.5 Å². The van der Waals surface area contributed by atoms with Crippen LogP contribution in [-0.4, -0.2) is 15.1 Å². The Labute approximate surface area is 110 Å². The fourth-order valence-corrected chi connectivity index (χ4v) is 1.70. The van der Waals surface area contributed by atoms with E-state index in [4.69, 9.17) is 10.3 Å². The maximum atomic E-state index is 5.53. The Morgan fingerprint density at radius 1 is 1.05 bits per heavy atom. The Balaban J connectivity index is 1.92. The quantitative estimate of drug-likeness (QED) is 0.773. The number of rotatable bonds is 3. The molecule has 0 amide bonds. The minimum absolute atomic E-state index is 0.405. The number of pyridine rings is 1. The van der Waals surface area contributed by atoms with Crippen LogP contribution in [0.5, 0.6) is 0 Å². The predicted molar refractivity (Wildman–Crippen MR) is 70.9 cm³/mol. The molecular weight excluding hydrogens is 240 g/mol. The maximum Gasteiger partial charge on any atom is 0.276 e. The number of aromatic nitrogens is 3. The first-order chi connectivity index (χ1) is 9.36. The molecule has 0 aliphatic carbocycles. The van der Waals surface area contributed by atoms with Gasteiger partial charge in [0.2, 0.25) is 5.82 Å². The third-order valence-electron chi connectivity index (χ3n) is 2.74. The highest BCUT2D eigenvalue weighted by Crippen LogP contribution is 2.20. The Bertz CT molecular complexity index is 661. The number of hydrogen-bond acceptors (Lipinski definition) is 5. The number of nitrogens with zero attached hydrogens (tertiary/aromatic N) is 3. The van der Waals surface area contributed by atoms with E-state index in [0.717, 1.165) is 11.1 Å². The van der Waals surface area contributed by atoms with Crippen LogP contribution >= 0.6 is 0 Å². The first-order valence-electron chi connectivity index (χ1n) is 5.91. The van der Waals surface area contributed by atoms with Crippen molar-refractivity contribution >= 4 is 0 Å². The summed E-state index contributed by atoms with van der Waals surface area (Å²) in [4.78, 5) is 8.59. The molecule has 19 heavy (non-hydrogen) atoms. The molecule has 5 heteroatoms. The Morgan fingerprint density at radius 3 is 2.58 bits per heavy atom. The van der Waals surface area contributed by atoms with Crippen LogP contribution in [-0.2, 0) is 6.54 Å². The normalized spacial score (nSPS) is 10.6. The van der Waals surface area contributed by atoms with E-state index in [0.29, 0.717) is 24.0 Å². The Morgan fingerprint density at radius 2 is 1.89 bits per heavy atom. The number of hydrogen-bond donors (Lipinski definition) is 1. The van der Waals surface area contributed by atoms with Crippen LogP contribution in [0.1, 0.15) is 5.56 Å². The van der Waals surface area contributed by atoms with E-state index < -0.39 is 0 Å². The van der Waals surface area contributed by atoms with Crippen molar-refractivity contribution in [1.29, 1.82) is 0 Å². The molecule has 0 fully saturated rings. The summed E-state index contributed by atoms with van der Waals surface area (Å²) in [5.41, 5.74) is 8.05. The van der Waals surface area contributed by atoms with E-state index in [1.165, 1.54) is 0 Å². The van der Waals surface area contributed by atoms with E-state index in [2.05, 4.69) is 15.1 Å².